The molecule has 2 rings (SSSR count). The number of carboxylic acids is 1. The summed E-state index contributed by atoms with van der Waals surface area (Å²) in [6.07, 6.45) is 0.369. The molecule has 0 radical (unpaired) electrons. The summed E-state index contributed by atoms with van der Waals surface area (Å²) >= 11 is 0. The van der Waals surface area contributed by atoms with Gasteiger partial charge in [0.15, 0.2) is 0 Å². The molecule has 2 aliphatic heterocycles. The predicted molar refractivity (Wildman–Crippen MR) is 52.5 cm³/mol. The Morgan fingerprint density at radius 2 is 2.00 bits per heavy atom. The van der Waals surface area contributed by atoms with Crippen LogP contribution in [0, 0.1) is 5.41 Å². The molecule has 15 heavy (non-hydrogen) atoms. The second-order valence-corrected chi connectivity index (χ2v) is 5.25. The van der Waals surface area contributed by atoms with Crippen molar-refractivity contribution < 1.29 is 19.7 Å². The highest BCUT2D eigenvalue weighted by Gasteiger charge is 2.64. The van der Waals surface area contributed by atoms with Gasteiger partial charge >= 0.3 is 5.97 Å². The van der Waals surface area contributed by atoms with Gasteiger partial charge in [-0.15, -0.1) is 0 Å². The normalized spacial score (nSPS) is 37.3. The third kappa shape index (κ3) is 1.38. The van der Waals surface area contributed by atoms with Gasteiger partial charge in [0.1, 0.15) is 11.0 Å². The number of ether oxygens (including phenoxy) is 1. The zero-order chi connectivity index (χ0) is 11.3. The van der Waals surface area contributed by atoms with Crippen LogP contribution >= 0.6 is 0 Å². The van der Waals surface area contributed by atoms with E-state index in [0.29, 0.717) is 19.5 Å². The van der Waals surface area contributed by atoms with Gasteiger partial charge in [-0.2, -0.15) is 0 Å². The minimum atomic E-state index is -1.24. The van der Waals surface area contributed by atoms with Gasteiger partial charge in [-0.3, -0.25) is 4.79 Å². The molecule has 0 aliphatic carbocycles. The van der Waals surface area contributed by atoms with Crippen LogP contribution in [0.5, 0.6) is 0 Å². The number of carbonyl (C=O) groups is 1. The molecule has 0 aromatic heterocycles. The first-order chi connectivity index (χ1) is 6.81. The van der Waals surface area contributed by atoms with E-state index in [4.69, 9.17) is 4.74 Å². The fourth-order valence-electron chi connectivity index (χ4n) is 2.48. The Morgan fingerprint density at radius 3 is 2.27 bits per heavy atom. The second-order valence-electron chi connectivity index (χ2n) is 5.25. The van der Waals surface area contributed by atoms with Crippen LogP contribution in [-0.4, -0.2) is 47.1 Å². The Hall–Kier alpha value is -0.650. The van der Waals surface area contributed by atoms with E-state index in [1.54, 1.807) is 0 Å². The number of aliphatic carboxylic acids is 1. The summed E-state index contributed by atoms with van der Waals surface area (Å²) in [5.74, 6) is -0.940. The summed E-state index contributed by atoms with van der Waals surface area (Å²) < 4.78 is 5.45. The third-order valence-electron chi connectivity index (χ3n) is 3.57. The Balaban J connectivity index is 2.26. The first kappa shape index (κ1) is 10.9. The molecule has 2 fully saturated rings. The Kier molecular flexibility index (Phi) is 2.12. The number of hydrogen-bond donors (Lipinski definition) is 3. The highest BCUT2D eigenvalue weighted by molar-refractivity contribution is 5.78. The molecule has 86 valence electrons. The standard InChI is InChI=1S/C10H17NO4/c1-8(2)3-10(14,6-15-8)9(7(12)13)4-11-5-9/h11,14H,3-6H2,1-2H3,(H,12,13). The molecular formula is C10H17NO4. The number of carboxylic acid groups (broad SMARTS) is 1. The summed E-state index contributed by atoms with van der Waals surface area (Å²) in [7, 11) is 0. The Bertz CT molecular complexity index is 298. The molecule has 0 aromatic carbocycles. The SMILES string of the molecule is CC1(C)CC(O)(C2(C(=O)O)CNC2)CO1. The molecule has 1 atom stereocenters. The lowest BCUT2D eigenvalue weighted by molar-refractivity contribution is -0.178. The monoisotopic (exact) mass is 215 g/mol. The zero-order valence-electron chi connectivity index (χ0n) is 9.04. The van der Waals surface area contributed by atoms with E-state index in [1.165, 1.54) is 0 Å². The van der Waals surface area contributed by atoms with Crippen molar-refractivity contribution in [1.29, 1.82) is 0 Å². The average Bonchev–Trinajstić information content (AvgIpc) is 2.22. The number of nitrogens with one attached hydrogen (secondary N) is 1. The van der Waals surface area contributed by atoms with Crippen LogP contribution in [0.25, 0.3) is 0 Å². The van der Waals surface area contributed by atoms with Crippen molar-refractivity contribution in [3.05, 3.63) is 0 Å². The topological polar surface area (TPSA) is 78.8 Å². The average molecular weight is 215 g/mol. The van der Waals surface area contributed by atoms with Crippen molar-refractivity contribution in [3.63, 3.8) is 0 Å². The minimum absolute atomic E-state index is 0.105. The van der Waals surface area contributed by atoms with Crippen LogP contribution in [0.1, 0.15) is 20.3 Å². The quantitative estimate of drug-likeness (QED) is 0.583. The van der Waals surface area contributed by atoms with Crippen molar-refractivity contribution in [2.45, 2.75) is 31.5 Å². The van der Waals surface area contributed by atoms with Crippen LogP contribution in [0.2, 0.25) is 0 Å². The molecule has 0 saturated carbocycles. The summed E-state index contributed by atoms with van der Waals surface area (Å²) in [4.78, 5) is 11.3. The second kappa shape index (κ2) is 2.93. The van der Waals surface area contributed by atoms with Gasteiger partial charge in [0.05, 0.1) is 12.2 Å². The van der Waals surface area contributed by atoms with Crippen molar-refractivity contribution in [3.8, 4) is 0 Å². The highest BCUT2D eigenvalue weighted by Crippen LogP contribution is 2.46. The fourth-order valence-corrected chi connectivity index (χ4v) is 2.48. The van der Waals surface area contributed by atoms with Crippen LogP contribution in [0.4, 0.5) is 0 Å². The zero-order valence-corrected chi connectivity index (χ0v) is 9.04. The lowest BCUT2D eigenvalue weighted by Crippen LogP contribution is -2.70. The van der Waals surface area contributed by atoms with E-state index in [-0.39, 0.29) is 6.61 Å². The maximum Gasteiger partial charge on any atom is 0.315 e. The van der Waals surface area contributed by atoms with Gasteiger partial charge in [0.25, 0.3) is 0 Å². The van der Waals surface area contributed by atoms with Gasteiger partial charge in [0.2, 0.25) is 0 Å². The first-order valence-corrected chi connectivity index (χ1v) is 5.12. The molecule has 0 spiro atoms. The predicted octanol–water partition coefficient (Wildman–Crippen LogP) is -0.409. The van der Waals surface area contributed by atoms with E-state index in [9.17, 15) is 15.0 Å². The van der Waals surface area contributed by atoms with E-state index in [2.05, 4.69) is 5.32 Å². The van der Waals surface area contributed by atoms with Crippen LogP contribution in [0.15, 0.2) is 0 Å². The van der Waals surface area contributed by atoms with E-state index in [1.807, 2.05) is 13.8 Å². The Labute approximate surface area is 88.4 Å². The molecule has 0 amide bonds. The lowest BCUT2D eigenvalue weighted by atomic mass is 9.65. The van der Waals surface area contributed by atoms with Gasteiger partial charge in [-0.05, 0) is 13.8 Å². The molecule has 0 bridgehead atoms. The molecule has 2 aliphatic rings. The van der Waals surface area contributed by atoms with Crippen molar-refractivity contribution in [2.75, 3.05) is 19.7 Å². The molecule has 1 unspecified atom stereocenters. The van der Waals surface area contributed by atoms with E-state index >= 15 is 0 Å². The van der Waals surface area contributed by atoms with Crippen LogP contribution in [0.3, 0.4) is 0 Å². The molecule has 3 N–H and O–H groups in total. The summed E-state index contributed by atoms with van der Waals surface area (Å²) in [5.41, 5.74) is -2.75. The first-order valence-electron chi connectivity index (χ1n) is 5.12. The van der Waals surface area contributed by atoms with Crippen LogP contribution in [-0.2, 0) is 9.53 Å². The van der Waals surface area contributed by atoms with Crippen molar-refractivity contribution in [1.82, 2.24) is 5.32 Å². The number of rotatable bonds is 2. The molecule has 2 heterocycles. The Morgan fingerprint density at radius 1 is 1.40 bits per heavy atom. The summed E-state index contributed by atoms with van der Waals surface area (Å²) in [6.45, 7) is 4.48. The molecular weight excluding hydrogens is 198 g/mol. The van der Waals surface area contributed by atoms with Crippen molar-refractivity contribution in [2.24, 2.45) is 5.41 Å². The largest absolute Gasteiger partial charge is 0.481 e. The third-order valence-corrected chi connectivity index (χ3v) is 3.57. The maximum atomic E-state index is 11.3. The van der Waals surface area contributed by atoms with Crippen LogP contribution < -0.4 is 5.32 Å². The minimum Gasteiger partial charge on any atom is -0.481 e. The highest BCUT2D eigenvalue weighted by atomic mass is 16.5. The number of hydrogen-bond acceptors (Lipinski definition) is 4. The van der Waals surface area contributed by atoms with Gasteiger partial charge in [-0.25, -0.2) is 0 Å². The summed E-state index contributed by atoms with van der Waals surface area (Å²) in [5, 5.41) is 22.6. The summed E-state index contributed by atoms with van der Waals surface area (Å²) in [6, 6.07) is 0. The molecule has 5 nitrogen and oxygen atoms in total. The molecule has 5 heteroatoms. The van der Waals surface area contributed by atoms with E-state index < -0.39 is 22.6 Å². The van der Waals surface area contributed by atoms with Gasteiger partial charge < -0.3 is 20.3 Å². The fraction of sp³-hybridized carbons (Fsp3) is 0.900. The van der Waals surface area contributed by atoms with Gasteiger partial charge in [0, 0.05) is 19.5 Å². The van der Waals surface area contributed by atoms with Gasteiger partial charge in [-0.1, -0.05) is 0 Å². The number of aliphatic hydroxyl groups is 1. The molecule has 0 aromatic rings. The van der Waals surface area contributed by atoms with Crippen molar-refractivity contribution >= 4 is 5.97 Å². The molecule has 2 saturated heterocycles. The maximum absolute atomic E-state index is 11.3. The smallest absolute Gasteiger partial charge is 0.315 e. The lowest BCUT2D eigenvalue weighted by Gasteiger charge is -2.48. The van der Waals surface area contributed by atoms with E-state index in [0.717, 1.165) is 0 Å².